The Morgan fingerprint density at radius 1 is 1.04 bits per heavy atom. The number of nitrogens with zero attached hydrogens (tertiary/aromatic N) is 1. The molecule has 5 heteroatoms. The second-order valence-corrected chi connectivity index (χ2v) is 8.56. The molecule has 0 spiro atoms. The van der Waals surface area contributed by atoms with Crippen molar-refractivity contribution in [3.05, 3.63) is 29.8 Å². The van der Waals surface area contributed by atoms with Crippen LogP contribution in [0.2, 0.25) is 0 Å². The van der Waals surface area contributed by atoms with Gasteiger partial charge in [-0.2, -0.15) is 0 Å². The van der Waals surface area contributed by atoms with Crippen molar-refractivity contribution in [3.8, 4) is 0 Å². The Labute approximate surface area is 143 Å². The maximum Gasteiger partial charge on any atom is 0.251 e. The van der Waals surface area contributed by atoms with Gasteiger partial charge in [-0.1, -0.05) is 13.8 Å². The van der Waals surface area contributed by atoms with Gasteiger partial charge in [-0.05, 0) is 52.0 Å². The number of rotatable bonds is 8. The summed E-state index contributed by atoms with van der Waals surface area (Å²) in [5, 5.41) is 3.03. The molecule has 0 aromatic heterocycles. The van der Waals surface area contributed by atoms with E-state index < -0.39 is 10.8 Å². The molecule has 1 amide bonds. The van der Waals surface area contributed by atoms with E-state index in [2.05, 4.69) is 37.9 Å². The van der Waals surface area contributed by atoms with Crippen molar-refractivity contribution in [1.82, 2.24) is 10.2 Å². The second-order valence-electron chi connectivity index (χ2n) is 6.55. The molecule has 0 aliphatic rings. The molecule has 0 aliphatic heterocycles. The molecule has 1 aromatic carbocycles. The predicted molar refractivity (Wildman–Crippen MR) is 97.3 cm³/mol. The number of benzene rings is 1. The summed E-state index contributed by atoms with van der Waals surface area (Å²) in [4.78, 5) is 15.3. The number of carbonyl (C=O) groups excluding carboxylic acids is 1. The first-order valence-corrected chi connectivity index (χ1v) is 9.50. The van der Waals surface area contributed by atoms with E-state index in [1.54, 1.807) is 24.3 Å². The van der Waals surface area contributed by atoms with Gasteiger partial charge in [0.1, 0.15) is 0 Å². The van der Waals surface area contributed by atoms with Crippen LogP contribution in [0.5, 0.6) is 0 Å². The molecule has 0 saturated heterocycles. The van der Waals surface area contributed by atoms with Gasteiger partial charge in [-0.25, -0.2) is 0 Å². The van der Waals surface area contributed by atoms with Crippen molar-refractivity contribution in [1.29, 1.82) is 0 Å². The maximum atomic E-state index is 12.2. The lowest BCUT2D eigenvalue weighted by Crippen LogP contribution is -2.42. The number of carbonyl (C=O) groups is 1. The average molecular weight is 339 g/mol. The fourth-order valence-corrected chi connectivity index (χ4v) is 3.47. The van der Waals surface area contributed by atoms with Gasteiger partial charge in [0.05, 0.1) is 10.8 Å². The van der Waals surface area contributed by atoms with Crippen LogP contribution < -0.4 is 5.32 Å². The predicted octanol–water partition coefficient (Wildman–Crippen LogP) is 3.05. The van der Waals surface area contributed by atoms with E-state index in [1.165, 1.54) is 0 Å². The molecule has 130 valence electrons. The molecule has 23 heavy (non-hydrogen) atoms. The fourth-order valence-electron chi connectivity index (χ4n) is 2.53. The molecule has 0 heterocycles. The average Bonchev–Trinajstić information content (AvgIpc) is 2.49. The first kappa shape index (κ1) is 19.8. The normalized spacial score (nSPS) is 13.1. The summed E-state index contributed by atoms with van der Waals surface area (Å²) >= 11 is 0. The molecule has 1 atom stereocenters. The molecule has 0 saturated carbocycles. The monoisotopic (exact) mass is 338 g/mol. The number of hydrogen-bond donors (Lipinski definition) is 1. The van der Waals surface area contributed by atoms with E-state index in [-0.39, 0.29) is 11.2 Å². The zero-order valence-corrected chi connectivity index (χ0v) is 15.9. The van der Waals surface area contributed by atoms with E-state index in [0.717, 1.165) is 11.4 Å². The quantitative estimate of drug-likeness (QED) is 0.792. The van der Waals surface area contributed by atoms with Crippen LogP contribution >= 0.6 is 0 Å². The van der Waals surface area contributed by atoms with E-state index in [9.17, 15) is 9.00 Å². The van der Waals surface area contributed by atoms with Gasteiger partial charge in [0.2, 0.25) is 0 Å². The van der Waals surface area contributed by atoms with Gasteiger partial charge >= 0.3 is 0 Å². The summed E-state index contributed by atoms with van der Waals surface area (Å²) in [5.74, 6) is -0.0839. The first-order chi connectivity index (χ1) is 10.7. The molecule has 0 bridgehead atoms. The van der Waals surface area contributed by atoms with Gasteiger partial charge in [-0.3, -0.25) is 13.9 Å². The van der Waals surface area contributed by atoms with Crippen LogP contribution in [0.3, 0.4) is 0 Å². The molecule has 1 aromatic rings. The third kappa shape index (κ3) is 6.07. The summed E-state index contributed by atoms with van der Waals surface area (Å²) < 4.78 is 12.0. The van der Waals surface area contributed by atoms with Crippen molar-refractivity contribution in [3.63, 3.8) is 0 Å². The fraction of sp³-hybridized carbons (Fsp3) is 0.611. The van der Waals surface area contributed by atoms with E-state index in [1.807, 2.05) is 13.8 Å². The van der Waals surface area contributed by atoms with Gasteiger partial charge in [0, 0.05) is 40.9 Å². The Bertz CT molecular complexity index is 516. The topological polar surface area (TPSA) is 49.4 Å². The van der Waals surface area contributed by atoms with Gasteiger partial charge in [0.15, 0.2) is 0 Å². The molecule has 1 N–H and O–H groups in total. The van der Waals surface area contributed by atoms with Crippen LogP contribution in [0, 0.1) is 0 Å². The van der Waals surface area contributed by atoms with E-state index in [0.29, 0.717) is 24.2 Å². The third-order valence-corrected chi connectivity index (χ3v) is 5.35. The van der Waals surface area contributed by atoms with Crippen LogP contribution in [0.1, 0.15) is 51.9 Å². The highest BCUT2D eigenvalue weighted by Crippen LogP contribution is 2.12. The summed E-state index contributed by atoms with van der Waals surface area (Å²) in [6.07, 6.45) is 0. The Kier molecular flexibility index (Phi) is 7.92. The van der Waals surface area contributed by atoms with Crippen molar-refractivity contribution in [2.45, 2.75) is 63.8 Å². The van der Waals surface area contributed by atoms with Crippen molar-refractivity contribution < 1.29 is 9.00 Å². The van der Waals surface area contributed by atoms with Crippen LogP contribution in [-0.4, -0.2) is 45.4 Å². The molecule has 0 radical (unpaired) electrons. The molecule has 1 unspecified atom stereocenters. The largest absolute Gasteiger partial charge is 0.351 e. The summed E-state index contributed by atoms with van der Waals surface area (Å²) in [6.45, 7) is 13.9. The number of nitrogens with one attached hydrogen (secondary N) is 1. The van der Waals surface area contributed by atoms with E-state index in [4.69, 9.17) is 0 Å². The highest BCUT2D eigenvalue weighted by atomic mass is 32.2. The lowest BCUT2D eigenvalue weighted by molar-refractivity contribution is 0.0939. The Morgan fingerprint density at radius 2 is 1.57 bits per heavy atom. The molecule has 1 rings (SSSR count). The third-order valence-electron chi connectivity index (χ3n) is 3.76. The van der Waals surface area contributed by atoms with Crippen LogP contribution in [0.15, 0.2) is 29.2 Å². The van der Waals surface area contributed by atoms with Crippen molar-refractivity contribution >= 4 is 16.7 Å². The second kappa shape index (κ2) is 9.18. The Balaban J connectivity index is 2.57. The molecule has 0 aliphatic carbocycles. The number of amides is 1. The van der Waals surface area contributed by atoms with E-state index >= 15 is 0 Å². The Hall–Kier alpha value is -1.20. The standard InChI is InChI=1S/C18H30N2O2S/c1-13(2)20(14(3)4)12-11-19-18(21)16-7-9-17(10-8-16)23(22)15(5)6/h7-10,13-15H,11-12H2,1-6H3,(H,19,21). The minimum absolute atomic E-state index is 0.0766. The smallest absolute Gasteiger partial charge is 0.251 e. The molecular formula is C18H30N2O2S. The lowest BCUT2D eigenvalue weighted by atomic mass is 10.2. The highest BCUT2D eigenvalue weighted by molar-refractivity contribution is 7.85. The zero-order valence-electron chi connectivity index (χ0n) is 15.1. The zero-order chi connectivity index (χ0) is 17.6. The minimum Gasteiger partial charge on any atom is -0.351 e. The molecule has 4 nitrogen and oxygen atoms in total. The Morgan fingerprint density at radius 3 is 2.00 bits per heavy atom. The van der Waals surface area contributed by atoms with Crippen LogP contribution in [0.25, 0.3) is 0 Å². The maximum absolute atomic E-state index is 12.2. The summed E-state index contributed by atoms with van der Waals surface area (Å²) in [5.41, 5.74) is 0.607. The summed E-state index contributed by atoms with van der Waals surface area (Å²) in [7, 11) is -1.02. The minimum atomic E-state index is -1.02. The SMILES string of the molecule is CC(C)N(CCNC(=O)c1ccc(S(=O)C(C)C)cc1)C(C)C. The first-order valence-electron chi connectivity index (χ1n) is 8.28. The molecule has 0 fully saturated rings. The van der Waals surface area contributed by atoms with Crippen LogP contribution in [0.4, 0.5) is 0 Å². The summed E-state index contributed by atoms with van der Waals surface area (Å²) in [6, 6.07) is 7.95. The van der Waals surface area contributed by atoms with Gasteiger partial charge in [0.25, 0.3) is 5.91 Å². The van der Waals surface area contributed by atoms with Gasteiger partial charge < -0.3 is 5.32 Å². The molecular weight excluding hydrogens is 308 g/mol. The van der Waals surface area contributed by atoms with Crippen LogP contribution in [-0.2, 0) is 10.8 Å². The lowest BCUT2D eigenvalue weighted by Gasteiger charge is -2.30. The van der Waals surface area contributed by atoms with Crippen molar-refractivity contribution in [2.75, 3.05) is 13.1 Å². The number of hydrogen-bond acceptors (Lipinski definition) is 3. The van der Waals surface area contributed by atoms with Crippen molar-refractivity contribution in [2.24, 2.45) is 0 Å². The highest BCUT2D eigenvalue weighted by Gasteiger charge is 2.14. The van der Waals surface area contributed by atoms with Gasteiger partial charge in [-0.15, -0.1) is 0 Å².